The van der Waals surface area contributed by atoms with Crippen LogP contribution in [0.5, 0.6) is 0 Å². The Bertz CT molecular complexity index is 930. The van der Waals surface area contributed by atoms with E-state index in [0.717, 1.165) is 42.9 Å². The van der Waals surface area contributed by atoms with Gasteiger partial charge in [0, 0.05) is 30.7 Å². The molecule has 0 spiro atoms. The fourth-order valence-corrected chi connectivity index (χ4v) is 4.23. The molecule has 0 radical (unpaired) electrons. The van der Waals surface area contributed by atoms with Crippen LogP contribution in [0.2, 0.25) is 0 Å². The Labute approximate surface area is 162 Å². The Kier molecular flexibility index (Phi) is 5.05. The highest BCUT2D eigenvalue weighted by molar-refractivity contribution is 7.14. The summed E-state index contributed by atoms with van der Waals surface area (Å²) in [5.41, 5.74) is 3.90. The second-order valence-corrected chi connectivity index (χ2v) is 7.87. The van der Waals surface area contributed by atoms with Gasteiger partial charge in [0.2, 0.25) is 0 Å². The Morgan fingerprint density at radius 1 is 1.30 bits per heavy atom. The highest BCUT2D eigenvalue weighted by Crippen LogP contribution is 2.34. The number of hydrogen-bond donors (Lipinski definition) is 1. The first kappa shape index (κ1) is 17.9. The second-order valence-electron chi connectivity index (χ2n) is 7.01. The number of aromatic nitrogens is 3. The summed E-state index contributed by atoms with van der Waals surface area (Å²) in [7, 11) is 1.94. The van der Waals surface area contributed by atoms with Crippen molar-refractivity contribution in [1.82, 2.24) is 19.7 Å². The first-order valence-electron chi connectivity index (χ1n) is 9.14. The molecule has 1 unspecified atom stereocenters. The molecule has 1 aliphatic rings. The van der Waals surface area contributed by atoms with Crippen LogP contribution in [-0.2, 0) is 13.6 Å². The van der Waals surface area contributed by atoms with Crippen LogP contribution in [0.15, 0.2) is 41.9 Å². The predicted octanol–water partition coefficient (Wildman–Crippen LogP) is 3.77. The minimum absolute atomic E-state index is 0.118. The Balaban J connectivity index is 1.43. The maximum absolute atomic E-state index is 12.4. The number of carbonyl (C=O) groups excluding carboxylic acids is 1. The third-order valence-electron chi connectivity index (χ3n) is 4.90. The van der Waals surface area contributed by atoms with Crippen molar-refractivity contribution in [2.45, 2.75) is 32.4 Å². The van der Waals surface area contributed by atoms with Crippen molar-refractivity contribution in [3.63, 3.8) is 0 Å². The van der Waals surface area contributed by atoms with Crippen molar-refractivity contribution >= 4 is 22.4 Å². The van der Waals surface area contributed by atoms with E-state index in [4.69, 9.17) is 4.98 Å². The van der Waals surface area contributed by atoms with Gasteiger partial charge in [-0.25, -0.2) is 4.98 Å². The lowest BCUT2D eigenvalue weighted by atomic mass is 10.1. The van der Waals surface area contributed by atoms with E-state index < -0.39 is 0 Å². The van der Waals surface area contributed by atoms with Gasteiger partial charge in [-0.05, 0) is 44.5 Å². The number of anilines is 1. The van der Waals surface area contributed by atoms with Gasteiger partial charge in [-0.3, -0.25) is 19.7 Å². The third kappa shape index (κ3) is 4.09. The topological polar surface area (TPSA) is 63.1 Å². The number of thiazole rings is 1. The number of likely N-dealkylation sites (tertiary alicyclic amines) is 1. The number of amides is 1. The molecule has 3 heterocycles. The van der Waals surface area contributed by atoms with Crippen LogP contribution in [0, 0.1) is 6.92 Å². The number of carbonyl (C=O) groups is 1. The van der Waals surface area contributed by atoms with E-state index >= 15 is 0 Å². The van der Waals surface area contributed by atoms with Crippen LogP contribution in [0.4, 0.5) is 5.13 Å². The van der Waals surface area contributed by atoms with Crippen LogP contribution >= 0.6 is 11.3 Å². The van der Waals surface area contributed by atoms with Crippen LogP contribution in [0.1, 0.15) is 46.2 Å². The standard InChI is InChI=1S/C20H23N5OS/c1-14-5-7-15(8-6-14)19(26)22-20-21-17(13-27-20)18-4-3-10-25(18)12-16-9-11-24(2)23-16/h5-9,11,13,18H,3-4,10,12H2,1-2H3,(H,21,22,26). The zero-order chi connectivity index (χ0) is 18.8. The molecule has 27 heavy (non-hydrogen) atoms. The Morgan fingerprint density at radius 2 is 2.11 bits per heavy atom. The minimum Gasteiger partial charge on any atom is -0.298 e. The fraction of sp³-hybridized carbons (Fsp3) is 0.350. The molecule has 0 saturated carbocycles. The van der Waals surface area contributed by atoms with Gasteiger partial charge in [0.05, 0.1) is 17.4 Å². The van der Waals surface area contributed by atoms with Crippen molar-refractivity contribution in [2.24, 2.45) is 7.05 Å². The quantitative estimate of drug-likeness (QED) is 0.731. The number of rotatable bonds is 5. The van der Waals surface area contributed by atoms with E-state index in [1.54, 1.807) is 0 Å². The van der Waals surface area contributed by atoms with Gasteiger partial charge in [-0.1, -0.05) is 17.7 Å². The lowest BCUT2D eigenvalue weighted by Crippen LogP contribution is -2.23. The molecule has 1 N–H and O–H groups in total. The number of benzene rings is 1. The van der Waals surface area contributed by atoms with Crippen LogP contribution in [0.25, 0.3) is 0 Å². The Morgan fingerprint density at radius 3 is 2.85 bits per heavy atom. The third-order valence-corrected chi connectivity index (χ3v) is 5.67. The summed E-state index contributed by atoms with van der Waals surface area (Å²) >= 11 is 1.49. The molecule has 3 aromatic rings. The Hall–Kier alpha value is -2.51. The summed E-state index contributed by atoms with van der Waals surface area (Å²) in [6, 6.07) is 9.90. The van der Waals surface area contributed by atoms with Gasteiger partial charge in [0.15, 0.2) is 5.13 Å². The summed E-state index contributed by atoms with van der Waals surface area (Å²) in [6.45, 7) is 3.88. The summed E-state index contributed by atoms with van der Waals surface area (Å²) in [4.78, 5) is 19.5. The molecule has 140 valence electrons. The first-order chi connectivity index (χ1) is 13.1. The molecule has 7 heteroatoms. The summed E-state index contributed by atoms with van der Waals surface area (Å²) in [5.74, 6) is -0.118. The molecular formula is C20H23N5OS. The molecule has 1 aliphatic heterocycles. The molecular weight excluding hydrogens is 358 g/mol. The van der Waals surface area contributed by atoms with Crippen molar-refractivity contribution < 1.29 is 4.79 Å². The number of nitrogens with one attached hydrogen (secondary N) is 1. The molecule has 1 amide bonds. The van der Waals surface area contributed by atoms with E-state index in [-0.39, 0.29) is 11.9 Å². The SMILES string of the molecule is Cc1ccc(C(=O)Nc2nc(C3CCCN3Cc3ccn(C)n3)cs2)cc1. The van der Waals surface area contributed by atoms with Gasteiger partial charge in [-0.15, -0.1) is 11.3 Å². The lowest BCUT2D eigenvalue weighted by molar-refractivity contribution is 0.102. The second kappa shape index (κ2) is 7.62. The number of aryl methyl sites for hydroxylation is 2. The summed E-state index contributed by atoms with van der Waals surface area (Å²) in [6.07, 6.45) is 4.21. The van der Waals surface area contributed by atoms with E-state index in [1.807, 2.05) is 49.1 Å². The molecule has 4 rings (SSSR count). The fourth-order valence-electron chi connectivity index (χ4n) is 3.48. The molecule has 6 nitrogen and oxygen atoms in total. The van der Waals surface area contributed by atoms with Crippen molar-refractivity contribution in [3.8, 4) is 0 Å². The molecule has 0 aliphatic carbocycles. The van der Waals surface area contributed by atoms with Crippen LogP contribution in [-0.4, -0.2) is 32.1 Å². The smallest absolute Gasteiger partial charge is 0.257 e. The maximum Gasteiger partial charge on any atom is 0.257 e. The average molecular weight is 382 g/mol. The molecule has 1 atom stereocenters. The first-order valence-corrected chi connectivity index (χ1v) is 10.0. The maximum atomic E-state index is 12.4. The highest BCUT2D eigenvalue weighted by Gasteiger charge is 2.28. The summed E-state index contributed by atoms with van der Waals surface area (Å²) in [5, 5.41) is 10.1. The van der Waals surface area contributed by atoms with Crippen LogP contribution in [0.3, 0.4) is 0 Å². The normalized spacial score (nSPS) is 17.3. The zero-order valence-corrected chi connectivity index (χ0v) is 16.4. The summed E-state index contributed by atoms with van der Waals surface area (Å²) < 4.78 is 1.84. The lowest BCUT2D eigenvalue weighted by Gasteiger charge is -2.21. The highest BCUT2D eigenvalue weighted by atomic mass is 32.1. The number of nitrogens with zero attached hydrogens (tertiary/aromatic N) is 4. The molecule has 1 aromatic carbocycles. The predicted molar refractivity (Wildman–Crippen MR) is 107 cm³/mol. The van der Waals surface area contributed by atoms with Gasteiger partial charge in [0.1, 0.15) is 0 Å². The van der Waals surface area contributed by atoms with E-state index in [2.05, 4.69) is 26.8 Å². The van der Waals surface area contributed by atoms with Gasteiger partial charge < -0.3 is 0 Å². The van der Waals surface area contributed by atoms with Crippen molar-refractivity contribution in [2.75, 3.05) is 11.9 Å². The van der Waals surface area contributed by atoms with Gasteiger partial charge in [-0.2, -0.15) is 5.10 Å². The average Bonchev–Trinajstić information content (AvgIpc) is 3.37. The van der Waals surface area contributed by atoms with E-state index in [9.17, 15) is 4.79 Å². The zero-order valence-electron chi connectivity index (χ0n) is 15.6. The molecule has 1 saturated heterocycles. The van der Waals surface area contributed by atoms with Gasteiger partial charge >= 0.3 is 0 Å². The van der Waals surface area contributed by atoms with Crippen molar-refractivity contribution in [3.05, 3.63) is 64.4 Å². The van der Waals surface area contributed by atoms with E-state index in [0.29, 0.717) is 10.7 Å². The van der Waals surface area contributed by atoms with Crippen molar-refractivity contribution in [1.29, 1.82) is 0 Å². The molecule has 2 aromatic heterocycles. The minimum atomic E-state index is -0.118. The van der Waals surface area contributed by atoms with Crippen LogP contribution < -0.4 is 5.32 Å². The van der Waals surface area contributed by atoms with E-state index in [1.165, 1.54) is 11.3 Å². The molecule has 1 fully saturated rings. The molecule has 0 bridgehead atoms. The monoisotopic (exact) mass is 381 g/mol. The number of hydrogen-bond acceptors (Lipinski definition) is 5. The largest absolute Gasteiger partial charge is 0.298 e. The van der Waals surface area contributed by atoms with Gasteiger partial charge in [0.25, 0.3) is 5.91 Å².